The van der Waals surface area contributed by atoms with E-state index in [0.29, 0.717) is 0 Å². The summed E-state index contributed by atoms with van der Waals surface area (Å²) in [7, 11) is 3.51. The van der Waals surface area contributed by atoms with Crippen LogP contribution in [0.1, 0.15) is 13.8 Å². The Morgan fingerprint density at radius 1 is 1.04 bits per heavy atom. The van der Waals surface area contributed by atoms with Gasteiger partial charge in [-0.15, -0.1) is 0 Å². The highest BCUT2D eigenvalue weighted by molar-refractivity contribution is 5.93. The van der Waals surface area contributed by atoms with Crippen LogP contribution >= 0.6 is 0 Å². The number of esters is 1. The molecule has 1 aliphatic heterocycles. The second kappa shape index (κ2) is 8.51. The van der Waals surface area contributed by atoms with E-state index < -0.39 is 41.7 Å². The Kier molecular flexibility index (Phi) is 6.97. The average Bonchev–Trinajstić information content (AvgIpc) is 3.08. The summed E-state index contributed by atoms with van der Waals surface area (Å²) < 4.78 is 13.8. The first-order chi connectivity index (χ1) is 11.7. The summed E-state index contributed by atoms with van der Waals surface area (Å²) in [6.07, 6.45) is -1.81. The lowest BCUT2D eigenvalue weighted by Gasteiger charge is -2.38. The van der Waals surface area contributed by atoms with Gasteiger partial charge in [0.05, 0.1) is 28.0 Å². The number of amides is 3. The van der Waals surface area contributed by atoms with Crippen LogP contribution in [0.25, 0.3) is 0 Å². The quantitative estimate of drug-likeness (QED) is 0.322. The number of carbonyl (C=O) groups is 4. The van der Waals surface area contributed by atoms with E-state index >= 15 is 0 Å². The number of methoxy groups -OCH3 is 3. The fraction of sp³-hybridized carbons (Fsp3) is 0.714. The van der Waals surface area contributed by atoms with Gasteiger partial charge in [-0.25, -0.2) is 9.59 Å². The zero-order chi connectivity index (χ0) is 19.2. The Morgan fingerprint density at radius 2 is 1.56 bits per heavy atom. The van der Waals surface area contributed by atoms with Crippen molar-refractivity contribution in [2.45, 2.75) is 25.6 Å². The van der Waals surface area contributed by atoms with Gasteiger partial charge in [0, 0.05) is 12.5 Å². The Labute approximate surface area is 145 Å². The van der Waals surface area contributed by atoms with Crippen LogP contribution in [0.2, 0.25) is 0 Å². The van der Waals surface area contributed by atoms with Crippen LogP contribution in [0, 0.1) is 5.92 Å². The summed E-state index contributed by atoms with van der Waals surface area (Å²) >= 11 is 0. The predicted octanol–water partition coefficient (Wildman–Crippen LogP) is -1.02. The lowest BCUT2D eigenvalue weighted by molar-refractivity contribution is -0.143. The molecule has 0 radical (unpaired) electrons. The molecular formula is C14H24N4O7. The Balaban J connectivity index is 3.12. The maximum absolute atomic E-state index is 13.1. The number of nitrogens with zero attached hydrogens (tertiary/aromatic N) is 1. The van der Waals surface area contributed by atoms with Crippen molar-refractivity contribution in [2.75, 3.05) is 34.5 Å². The lowest BCUT2D eigenvalue weighted by atomic mass is 9.94. The fourth-order valence-corrected chi connectivity index (χ4v) is 2.37. The van der Waals surface area contributed by atoms with Crippen molar-refractivity contribution in [3.8, 4) is 0 Å². The van der Waals surface area contributed by atoms with Crippen molar-refractivity contribution in [3.63, 3.8) is 0 Å². The fourth-order valence-electron chi connectivity index (χ4n) is 2.37. The van der Waals surface area contributed by atoms with Crippen LogP contribution in [0.15, 0.2) is 0 Å². The first-order valence-electron chi connectivity index (χ1n) is 7.54. The summed E-state index contributed by atoms with van der Waals surface area (Å²) in [5, 5.41) is 7.57. The molecule has 1 atom stereocenters. The lowest BCUT2D eigenvalue weighted by Crippen LogP contribution is -2.71. The molecule has 11 nitrogen and oxygen atoms in total. The van der Waals surface area contributed by atoms with E-state index in [1.807, 2.05) is 0 Å². The maximum Gasteiger partial charge on any atom is 0.409 e. The molecule has 1 saturated heterocycles. The number of ether oxygens (including phenoxy) is 3. The van der Waals surface area contributed by atoms with E-state index in [9.17, 15) is 19.2 Å². The maximum atomic E-state index is 13.1. The molecule has 1 aliphatic rings. The van der Waals surface area contributed by atoms with Gasteiger partial charge in [0.15, 0.2) is 0 Å². The molecule has 142 valence electrons. The molecule has 0 aromatic rings. The molecule has 25 heavy (non-hydrogen) atoms. The first kappa shape index (κ1) is 20.5. The number of nitrogens with one attached hydrogen (secondary N) is 3. The summed E-state index contributed by atoms with van der Waals surface area (Å²) in [5.74, 6) is -1.71. The van der Waals surface area contributed by atoms with Crippen LogP contribution in [0.5, 0.6) is 0 Å². The zero-order valence-corrected chi connectivity index (χ0v) is 14.9. The van der Waals surface area contributed by atoms with Gasteiger partial charge in [0.25, 0.3) is 5.91 Å². The summed E-state index contributed by atoms with van der Waals surface area (Å²) in [5.41, 5.74) is -1.81. The third kappa shape index (κ3) is 4.50. The highest BCUT2D eigenvalue weighted by Gasteiger charge is 2.49. The first-order valence-corrected chi connectivity index (χ1v) is 7.54. The van der Waals surface area contributed by atoms with E-state index in [0.717, 1.165) is 14.2 Å². The van der Waals surface area contributed by atoms with Gasteiger partial charge >= 0.3 is 18.2 Å². The molecular weight excluding hydrogens is 336 g/mol. The third-order valence-electron chi connectivity index (χ3n) is 3.88. The highest BCUT2D eigenvalue weighted by Crippen LogP contribution is 2.20. The van der Waals surface area contributed by atoms with Crippen molar-refractivity contribution in [3.05, 3.63) is 0 Å². The Hall–Kier alpha value is -2.56. The van der Waals surface area contributed by atoms with Gasteiger partial charge in [-0.3, -0.25) is 25.5 Å². The van der Waals surface area contributed by atoms with Crippen molar-refractivity contribution >= 4 is 24.1 Å². The van der Waals surface area contributed by atoms with Gasteiger partial charge in [-0.05, 0) is 0 Å². The van der Waals surface area contributed by atoms with Gasteiger partial charge in [0.1, 0.15) is 6.04 Å². The molecule has 1 heterocycles. The molecule has 11 heteroatoms. The van der Waals surface area contributed by atoms with E-state index in [-0.39, 0.29) is 13.2 Å². The average molecular weight is 360 g/mol. The minimum atomic E-state index is -1.81. The molecule has 1 unspecified atom stereocenters. The number of rotatable bonds is 5. The zero-order valence-electron chi connectivity index (χ0n) is 14.9. The van der Waals surface area contributed by atoms with Crippen molar-refractivity contribution in [1.82, 2.24) is 20.9 Å². The summed E-state index contributed by atoms with van der Waals surface area (Å²) in [6, 6.07) is -0.699. The molecule has 1 fully saturated rings. The molecule has 0 aromatic carbocycles. The topological polar surface area (TPSA) is 135 Å². The summed E-state index contributed by atoms with van der Waals surface area (Å²) in [4.78, 5) is 49.5. The van der Waals surface area contributed by atoms with Gasteiger partial charge < -0.3 is 19.1 Å². The van der Waals surface area contributed by atoms with Crippen LogP contribution in [-0.4, -0.2) is 75.2 Å². The van der Waals surface area contributed by atoms with E-state index in [2.05, 4.69) is 30.2 Å². The standard InChI is InChI=1S/C14H24N4O7/c1-8(2)14(16-12(21)24-4,17-13(22)25-5)11(20)18-6-9(15-7-18)10(19)23-3/h8-9,15H,6-7H2,1-5H3,(H,16,21)(H,17,22). The minimum Gasteiger partial charge on any atom is -0.468 e. The second-order valence-corrected chi connectivity index (χ2v) is 5.66. The number of hydrogen-bond donors (Lipinski definition) is 3. The molecule has 0 saturated carbocycles. The van der Waals surface area contributed by atoms with Gasteiger partial charge in [-0.1, -0.05) is 13.8 Å². The normalized spacial score (nSPS) is 17.0. The Bertz CT molecular complexity index is 519. The van der Waals surface area contributed by atoms with Crippen LogP contribution in [-0.2, 0) is 23.8 Å². The molecule has 0 aliphatic carbocycles. The number of hydrogen-bond acceptors (Lipinski definition) is 8. The van der Waals surface area contributed by atoms with Crippen molar-refractivity contribution < 1.29 is 33.4 Å². The molecule has 3 amide bonds. The largest absolute Gasteiger partial charge is 0.468 e. The monoisotopic (exact) mass is 360 g/mol. The molecule has 0 bridgehead atoms. The molecule has 1 rings (SSSR count). The van der Waals surface area contributed by atoms with Crippen LogP contribution in [0.4, 0.5) is 9.59 Å². The number of alkyl carbamates (subject to hydrolysis) is 2. The molecule has 3 N–H and O–H groups in total. The van der Waals surface area contributed by atoms with E-state index in [1.54, 1.807) is 13.8 Å². The smallest absolute Gasteiger partial charge is 0.409 e. The van der Waals surface area contributed by atoms with Gasteiger partial charge in [-0.2, -0.15) is 0 Å². The van der Waals surface area contributed by atoms with Crippen molar-refractivity contribution in [1.29, 1.82) is 0 Å². The minimum absolute atomic E-state index is 0.0195. The van der Waals surface area contributed by atoms with Crippen LogP contribution in [0.3, 0.4) is 0 Å². The molecule has 0 aromatic heterocycles. The van der Waals surface area contributed by atoms with E-state index in [1.165, 1.54) is 12.0 Å². The SMILES string of the molecule is COC(=O)NC(NC(=O)OC)(C(=O)N1CNC(C(=O)OC)C1)C(C)C. The third-order valence-corrected chi connectivity index (χ3v) is 3.88. The van der Waals surface area contributed by atoms with E-state index in [4.69, 9.17) is 0 Å². The second-order valence-electron chi connectivity index (χ2n) is 5.66. The summed E-state index contributed by atoms with van der Waals surface area (Å²) in [6.45, 7) is 3.32. The predicted molar refractivity (Wildman–Crippen MR) is 84.2 cm³/mol. The highest BCUT2D eigenvalue weighted by atomic mass is 16.5. The molecule has 0 spiro atoms. The number of carbonyl (C=O) groups excluding carboxylic acids is 4. The Morgan fingerprint density at radius 3 is 1.96 bits per heavy atom. The van der Waals surface area contributed by atoms with Crippen LogP contribution < -0.4 is 16.0 Å². The van der Waals surface area contributed by atoms with Gasteiger partial charge in [0.2, 0.25) is 5.66 Å². The van der Waals surface area contributed by atoms with Crippen molar-refractivity contribution in [2.24, 2.45) is 5.92 Å².